The van der Waals surface area contributed by atoms with Gasteiger partial charge in [-0.25, -0.2) is 14.6 Å². The Morgan fingerprint density at radius 1 is 1.21 bits per heavy atom. The van der Waals surface area contributed by atoms with Crippen LogP contribution in [0.25, 0.3) is 4.96 Å². The topological polar surface area (TPSA) is 130 Å². The van der Waals surface area contributed by atoms with Crippen LogP contribution in [0.5, 0.6) is 0 Å². The van der Waals surface area contributed by atoms with E-state index in [0.29, 0.717) is 4.96 Å². The van der Waals surface area contributed by atoms with Crippen molar-refractivity contribution in [3.05, 3.63) is 72.6 Å². The largest absolute Gasteiger partial charge is 0.465 e. The molecule has 0 spiro atoms. The molecule has 10 nitrogen and oxygen atoms in total. The SMILES string of the molecule is COC(=O)c1cc(C(=O)OCc2cc(=O)n3c(C)csc3n2)cc([N+](=O)[O-])c1. The molecule has 0 radical (unpaired) electrons. The summed E-state index contributed by atoms with van der Waals surface area (Å²) < 4.78 is 11.1. The van der Waals surface area contributed by atoms with Crippen LogP contribution in [0.1, 0.15) is 32.1 Å². The molecule has 0 amide bonds. The average Bonchev–Trinajstić information content (AvgIpc) is 3.06. The summed E-state index contributed by atoms with van der Waals surface area (Å²) in [6, 6.07) is 4.36. The van der Waals surface area contributed by atoms with Crippen LogP contribution in [0.15, 0.2) is 34.4 Å². The van der Waals surface area contributed by atoms with Gasteiger partial charge in [0, 0.05) is 29.3 Å². The molecule has 3 aromatic rings. The number of methoxy groups -OCH3 is 1. The molecule has 0 N–H and O–H groups in total. The monoisotopic (exact) mass is 403 g/mol. The van der Waals surface area contributed by atoms with Gasteiger partial charge < -0.3 is 9.47 Å². The van der Waals surface area contributed by atoms with E-state index in [-0.39, 0.29) is 29.0 Å². The highest BCUT2D eigenvalue weighted by Crippen LogP contribution is 2.19. The van der Waals surface area contributed by atoms with Gasteiger partial charge in [0.25, 0.3) is 11.2 Å². The van der Waals surface area contributed by atoms with Crippen molar-refractivity contribution in [2.75, 3.05) is 7.11 Å². The first-order valence-corrected chi connectivity index (χ1v) is 8.70. The minimum absolute atomic E-state index is 0.157. The molecule has 2 heterocycles. The first-order chi connectivity index (χ1) is 13.3. The quantitative estimate of drug-likeness (QED) is 0.360. The zero-order valence-corrected chi connectivity index (χ0v) is 15.5. The molecule has 0 bridgehead atoms. The Hall–Kier alpha value is -3.60. The van der Waals surface area contributed by atoms with Gasteiger partial charge in [0.15, 0.2) is 4.96 Å². The number of rotatable bonds is 5. The number of hydrogen-bond donors (Lipinski definition) is 0. The van der Waals surface area contributed by atoms with Crippen LogP contribution in [0, 0.1) is 17.0 Å². The predicted molar refractivity (Wildman–Crippen MR) is 97.6 cm³/mol. The summed E-state index contributed by atoms with van der Waals surface area (Å²) in [6.07, 6.45) is 0. The fraction of sp³-hybridized carbons (Fsp3) is 0.176. The maximum Gasteiger partial charge on any atom is 0.338 e. The molecule has 0 fully saturated rings. The second-order valence-electron chi connectivity index (χ2n) is 5.67. The van der Waals surface area contributed by atoms with Crippen LogP contribution in [0.4, 0.5) is 5.69 Å². The molecule has 1 aromatic carbocycles. The molecule has 0 aliphatic rings. The number of carbonyl (C=O) groups excluding carboxylic acids is 2. The highest BCUT2D eigenvalue weighted by atomic mass is 32.1. The summed E-state index contributed by atoms with van der Waals surface area (Å²) in [5.74, 6) is -1.73. The van der Waals surface area contributed by atoms with Gasteiger partial charge >= 0.3 is 11.9 Å². The van der Waals surface area contributed by atoms with E-state index in [2.05, 4.69) is 9.72 Å². The number of benzene rings is 1. The fourth-order valence-electron chi connectivity index (χ4n) is 2.47. The number of nitro benzene ring substituents is 1. The van der Waals surface area contributed by atoms with Crippen molar-refractivity contribution in [3.63, 3.8) is 0 Å². The van der Waals surface area contributed by atoms with Crippen LogP contribution in [0.3, 0.4) is 0 Å². The molecule has 0 saturated carbocycles. The van der Waals surface area contributed by atoms with Crippen molar-refractivity contribution >= 4 is 33.9 Å². The van der Waals surface area contributed by atoms with Crippen molar-refractivity contribution in [2.24, 2.45) is 0 Å². The summed E-state index contributed by atoms with van der Waals surface area (Å²) in [7, 11) is 1.12. The first kappa shape index (κ1) is 19.2. The zero-order valence-electron chi connectivity index (χ0n) is 14.7. The Balaban J connectivity index is 1.85. The number of nitro groups is 1. The zero-order chi connectivity index (χ0) is 20.4. The molecular weight excluding hydrogens is 390 g/mol. The van der Waals surface area contributed by atoms with Gasteiger partial charge in [0.1, 0.15) is 6.61 Å². The van der Waals surface area contributed by atoms with Crippen LogP contribution in [-0.4, -0.2) is 33.4 Å². The summed E-state index contributed by atoms with van der Waals surface area (Å²) in [6.45, 7) is 1.46. The minimum atomic E-state index is -0.904. The molecule has 144 valence electrons. The molecule has 0 aliphatic heterocycles. The highest BCUT2D eigenvalue weighted by Gasteiger charge is 2.19. The van der Waals surface area contributed by atoms with Crippen molar-refractivity contribution < 1.29 is 24.0 Å². The number of esters is 2. The Bertz CT molecular complexity index is 1170. The van der Waals surface area contributed by atoms with Crippen LogP contribution < -0.4 is 5.56 Å². The van der Waals surface area contributed by atoms with E-state index in [4.69, 9.17) is 4.74 Å². The number of thiazole rings is 1. The average molecular weight is 403 g/mol. The fourth-order valence-corrected chi connectivity index (χ4v) is 3.36. The second-order valence-corrected chi connectivity index (χ2v) is 6.51. The van der Waals surface area contributed by atoms with Crippen molar-refractivity contribution in [1.29, 1.82) is 0 Å². The van der Waals surface area contributed by atoms with E-state index in [1.165, 1.54) is 21.8 Å². The maximum absolute atomic E-state index is 12.3. The molecule has 2 aromatic heterocycles. The molecule has 3 rings (SSSR count). The standard InChI is InChI=1S/C17H13N3O7S/c1-9-8-28-17-18-12(6-14(21)19(9)17)7-27-16(23)11-3-10(15(22)26-2)4-13(5-11)20(24)25/h3-6,8H,7H2,1-2H3. The summed E-state index contributed by atoms with van der Waals surface area (Å²) >= 11 is 1.27. The lowest BCUT2D eigenvalue weighted by molar-refractivity contribution is -0.384. The van der Waals surface area contributed by atoms with Gasteiger partial charge in [-0.3, -0.25) is 19.3 Å². The number of hydrogen-bond acceptors (Lipinski definition) is 9. The number of fused-ring (bicyclic) bond motifs is 1. The van der Waals surface area contributed by atoms with Gasteiger partial charge in [-0.1, -0.05) is 0 Å². The summed E-state index contributed by atoms with van der Waals surface area (Å²) in [5, 5.41) is 12.8. The van der Waals surface area contributed by atoms with E-state index < -0.39 is 22.5 Å². The lowest BCUT2D eigenvalue weighted by Gasteiger charge is -2.06. The Kier molecular flexibility index (Phi) is 5.18. The Labute approximate surface area is 161 Å². The van der Waals surface area contributed by atoms with E-state index in [9.17, 15) is 24.5 Å². The Morgan fingerprint density at radius 3 is 2.54 bits per heavy atom. The third-order valence-corrected chi connectivity index (χ3v) is 4.71. The predicted octanol–water partition coefficient (Wildman–Crippen LogP) is 2.12. The smallest absolute Gasteiger partial charge is 0.338 e. The van der Waals surface area contributed by atoms with Gasteiger partial charge in [-0.15, -0.1) is 11.3 Å². The van der Waals surface area contributed by atoms with E-state index >= 15 is 0 Å². The Morgan fingerprint density at radius 2 is 1.89 bits per heavy atom. The number of aromatic nitrogens is 2. The molecular formula is C17H13N3O7S. The molecule has 0 saturated heterocycles. The van der Waals surface area contributed by atoms with Crippen LogP contribution in [-0.2, 0) is 16.1 Å². The molecule has 28 heavy (non-hydrogen) atoms. The van der Waals surface area contributed by atoms with Crippen molar-refractivity contribution in [2.45, 2.75) is 13.5 Å². The third kappa shape index (κ3) is 3.74. The van der Waals surface area contributed by atoms with Crippen LogP contribution in [0.2, 0.25) is 0 Å². The first-order valence-electron chi connectivity index (χ1n) is 7.82. The number of carbonyl (C=O) groups is 2. The van der Waals surface area contributed by atoms with Crippen LogP contribution >= 0.6 is 11.3 Å². The molecule has 0 unspecified atom stereocenters. The van der Waals surface area contributed by atoms with Gasteiger partial charge in [0.05, 0.1) is 28.9 Å². The number of ether oxygens (including phenoxy) is 2. The van der Waals surface area contributed by atoms with E-state index in [0.717, 1.165) is 31.0 Å². The lowest BCUT2D eigenvalue weighted by Crippen LogP contribution is -2.16. The highest BCUT2D eigenvalue weighted by molar-refractivity contribution is 7.15. The molecule has 0 atom stereocenters. The van der Waals surface area contributed by atoms with Crippen molar-refractivity contribution in [3.8, 4) is 0 Å². The normalized spacial score (nSPS) is 10.6. The number of non-ortho nitro benzene ring substituents is 1. The number of aryl methyl sites for hydroxylation is 1. The van der Waals surface area contributed by atoms with Gasteiger partial charge in [-0.05, 0) is 13.0 Å². The maximum atomic E-state index is 12.3. The minimum Gasteiger partial charge on any atom is -0.465 e. The molecule has 11 heteroatoms. The van der Waals surface area contributed by atoms with Gasteiger partial charge in [0.2, 0.25) is 0 Å². The van der Waals surface area contributed by atoms with Crippen molar-refractivity contribution in [1.82, 2.24) is 9.38 Å². The summed E-state index contributed by atoms with van der Waals surface area (Å²) in [4.78, 5) is 51.1. The van der Waals surface area contributed by atoms with E-state index in [1.807, 2.05) is 0 Å². The molecule has 0 aliphatic carbocycles. The summed E-state index contributed by atoms with van der Waals surface area (Å²) in [5.41, 5.74) is -0.138. The lowest BCUT2D eigenvalue weighted by atomic mass is 10.1. The third-order valence-electron chi connectivity index (χ3n) is 3.77. The van der Waals surface area contributed by atoms with Gasteiger partial charge in [-0.2, -0.15) is 0 Å². The number of nitrogens with zero attached hydrogens (tertiary/aromatic N) is 3. The van der Waals surface area contributed by atoms with E-state index in [1.54, 1.807) is 12.3 Å². The second kappa shape index (κ2) is 7.56.